The molecular weight excluding hydrogens is 300 g/mol. The van der Waals surface area contributed by atoms with Crippen molar-refractivity contribution in [2.45, 2.75) is 45.6 Å². The molecule has 0 radical (unpaired) electrons. The highest BCUT2D eigenvalue weighted by atomic mass is 35.5. The smallest absolute Gasteiger partial charge is 0.261 e. The lowest BCUT2D eigenvalue weighted by Gasteiger charge is -2.18. The topological polar surface area (TPSA) is 39.1 Å². The van der Waals surface area contributed by atoms with Gasteiger partial charge in [-0.3, -0.25) is 4.68 Å². The second kappa shape index (κ2) is 9.33. The molecule has 1 unspecified atom stereocenters. The van der Waals surface area contributed by atoms with Gasteiger partial charge in [-0.1, -0.05) is 18.5 Å². The molecule has 1 atom stereocenters. The first-order valence-corrected chi connectivity index (χ1v) is 7.60. The van der Waals surface area contributed by atoms with Crippen molar-refractivity contribution >= 4 is 11.6 Å². The Kier molecular flexibility index (Phi) is 8.14. The van der Waals surface area contributed by atoms with E-state index in [4.69, 9.17) is 16.3 Å². The van der Waals surface area contributed by atoms with Crippen molar-refractivity contribution in [3.05, 3.63) is 16.4 Å². The number of aryl methyl sites for hydroxylation is 2. The van der Waals surface area contributed by atoms with Gasteiger partial charge in [0, 0.05) is 25.3 Å². The van der Waals surface area contributed by atoms with Gasteiger partial charge in [-0.05, 0) is 32.7 Å². The Morgan fingerprint density at radius 2 is 2.14 bits per heavy atom. The van der Waals surface area contributed by atoms with Crippen LogP contribution < -0.4 is 5.32 Å². The summed E-state index contributed by atoms with van der Waals surface area (Å²) in [5.41, 5.74) is 1.90. The first kappa shape index (κ1) is 18.3. The molecule has 0 aliphatic heterocycles. The predicted molar refractivity (Wildman–Crippen MR) is 80.2 cm³/mol. The van der Waals surface area contributed by atoms with Crippen LogP contribution in [0.3, 0.4) is 0 Å². The lowest BCUT2D eigenvalue weighted by Crippen LogP contribution is -2.33. The molecule has 1 N–H and O–H groups in total. The van der Waals surface area contributed by atoms with E-state index in [1.54, 1.807) is 11.7 Å². The van der Waals surface area contributed by atoms with Gasteiger partial charge in [0.05, 0.1) is 5.69 Å². The van der Waals surface area contributed by atoms with Crippen molar-refractivity contribution in [2.75, 3.05) is 19.8 Å². The molecule has 1 rings (SSSR count). The zero-order valence-electron chi connectivity index (χ0n) is 12.8. The third-order valence-corrected chi connectivity index (χ3v) is 3.73. The number of nitrogens with one attached hydrogen (secondary N) is 1. The van der Waals surface area contributed by atoms with E-state index in [9.17, 15) is 8.78 Å². The van der Waals surface area contributed by atoms with Gasteiger partial charge >= 0.3 is 0 Å². The number of aromatic nitrogens is 2. The maximum absolute atomic E-state index is 12.0. The normalized spacial score (nSPS) is 13.1. The number of halogens is 3. The number of ether oxygens (including phenoxy) is 1. The van der Waals surface area contributed by atoms with E-state index in [1.807, 2.05) is 6.92 Å². The summed E-state index contributed by atoms with van der Waals surface area (Å²) in [7, 11) is 1.80. The summed E-state index contributed by atoms with van der Waals surface area (Å²) in [5, 5.41) is 8.33. The lowest BCUT2D eigenvalue weighted by molar-refractivity contribution is 0.0144. The van der Waals surface area contributed by atoms with Gasteiger partial charge in [-0.15, -0.1) is 0 Å². The van der Waals surface area contributed by atoms with Crippen LogP contribution in [0.15, 0.2) is 0 Å². The maximum Gasteiger partial charge on any atom is 0.261 e. The molecule has 21 heavy (non-hydrogen) atoms. The quantitative estimate of drug-likeness (QED) is 0.673. The van der Waals surface area contributed by atoms with Gasteiger partial charge in [0.15, 0.2) is 0 Å². The Morgan fingerprint density at radius 3 is 2.67 bits per heavy atom. The SMILES string of the molecule is CCCNC(CCOCC(F)F)Cc1c(C)nn(C)c1Cl. The Morgan fingerprint density at radius 1 is 1.43 bits per heavy atom. The van der Waals surface area contributed by atoms with Crippen molar-refractivity contribution in [3.63, 3.8) is 0 Å². The molecule has 0 spiro atoms. The van der Waals surface area contributed by atoms with E-state index >= 15 is 0 Å². The highest BCUT2D eigenvalue weighted by molar-refractivity contribution is 6.30. The molecule has 0 saturated heterocycles. The number of rotatable bonds is 10. The van der Waals surface area contributed by atoms with Gasteiger partial charge in [0.25, 0.3) is 6.43 Å². The predicted octanol–water partition coefficient (Wildman–Crippen LogP) is 2.96. The summed E-state index contributed by atoms with van der Waals surface area (Å²) in [5.74, 6) is 0. The summed E-state index contributed by atoms with van der Waals surface area (Å²) >= 11 is 6.24. The molecule has 1 aromatic rings. The molecule has 0 amide bonds. The van der Waals surface area contributed by atoms with E-state index in [0.29, 0.717) is 18.2 Å². The van der Waals surface area contributed by atoms with E-state index in [2.05, 4.69) is 17.3 Å². The van der Waals surface area contributed by atoms with Crippen molar-refractivity contribution in [1.29, 1.82) is 0 Å². The van der Waals surface area contributed by atoms with Gasteiger partial charge in [0.2, 0.25) is 0 Å². The van der Waals surface area contributed by atoms with Crippen LogP contribution >= 0.6 is 11.6 Å². The molecule has 0 aliphatic carbocycles. The molecule has 0 saturated carbocycles. The fourth-order valence-corrected chi connectivity index (χ4v) is 2.43. The molecule has 0 aromatic carbocycles. The Hall–Kier alpha value is -0.720. The van der Waals surface area contributed by atoms with Crippen LogP contribution in [0.2, 0.25) is 5.15 Å². The summed E-state index contributed by atoms with van der Waals surface area (Å²) in [6.07, 6.45) is -0.0238. The molecule has 1 heterocycles. The Labute approximate surface area is 129 Å². The molecule has 4 nitrogen and oxygen atoms in total. The van der Waals surface area contributed by atoms with Crippen LogP contribution in [-0.4, -0.2) is 42.0 Å². The van der Waals surface area contributed by atoms with Crippen molar-refractivity contribution in [3.8, 4) is 0 Å². The highest BCUT2D eigenvalue weighted by Crippen LogP contribution is 2.21. The van der Waals surface area contributed by atoms with Crippen LogP contribution in [-0.2, 0) is 18.2 Å². The van der Waals surface area contributed by atoms with Crippen LogP contribution in [0.1, 0.15) is 31.0 Å². The number of hydrogen-bond acceptors (Lipinski definition) is 3. The van der Waals surface area contributed by atoms with E-state index in [1.165, 1.54) is 0 Å². The summed E-state index contributed by atoms with van der Waals surface area (Å²) in [6, 6.07) is 0.142. The summed E-state index contributed by atoms with van der Waals surface area (Å²) in [4.78, 5) is 0. The zero-order chi connectivity index (χ0) is 15.8. The molecule has 0 bridgehead atoms. The highest BCUT2D eigenvalue weighted by Gasteiger charge is 2.17. The van der Waals surface area contributed by atoms with Gasteiger partial charge in [-0.2, -0.15) is 5.10 Å². The van der Waals surface area contributed by atoms with E-state index < -0.39 is 13.0 Å². The number of nitrogens with zero attached hydrogens (tertiary/aromatic N) is 2. The molecule has 122 valence electrons. The second-order valence-electron chi connectivity index (χ2n) is 5.09. The molecule has 0 aliphatic rings. The minimum Gasteiger partial charge on any atom is -0.375 e. The Bertz CT molecular complexity index is 427. The standard InChI is InChI=1S/C14H24ClF2N3O/c1-4-6-18-11(5-7-21-9-13(16)17)8-12-10(2)19-20(3)14(12)15/h11,13,18H,4-9H2,1-3H3. The van der Waals surface area contributed by atoms with Crippen molar-refractivity contribution < 1.29 is 13.5 Å². The van der Waals surface area contributed by atoms with Crippen molar-refractivity contribution in [2.24, 2.45) is 7.05 Å². The van der Waals surface area contributed by atoms with Gasteiger partial charge < -0.3 is 10.1 Å². The summed E-state index contributed by atoms with van der Waals surface area (Å²) in [6.45, 7) is 4.68. The van der Waals surface area contributed by atoms with Crippen LogP contribution in [0.4, 0.5) is 8.78 Å². The Balaban J connectivity index is 2.56. The average Bonchev–Trinajstić information content (AvgIpc) is 2.66. The fourth-order valence-electron chi connectivity index (χ4n) is 2.17. The summed E-state index contributed by atoms with van der Waals surface area (Å²) < 4.78 is 30.7. The van der Waals surface area contributed by atoms with Gasteiger partial charge in [-0.25, -0.2) is 8.78 Å². The average molecular weight is 324 g/mol. The minimum absolute atomic E-state index is 0.142. The molecular formula is C14H24ClF2N3O. The number of hydrogen-bond donors (Lipinski definition) is 1. The maximum atomic E-state index is 12.0. The van der Waals surface area contributed by atoms with Crippen LogP contribution in [0.25, 0.3) is 0 Å². The largest absolute Gasteiger partial charge is 0.375 e. The third-order valence-electron chi connectivity index (χ3n) is 3.26. The van der Waals surface area contributed by atoms with Crippen LogP contribution in [0.5, 0.6) is 0 Å². The van der Waals surface area contributed by atoms with Crippen molar-refractivity contribution in [1.82, 2.24) is 15.1 Å². The van der Waals surface area contributed by atoms with Crippen LogP contribution in [0, 0.1) is 6.92 Å². The minimum atomic E-state index is -2.41. The first-order chi connectivity index (χ1) is 9.95. The molecule has 7 heteroatoms. The monoisotopic (exact) mass is 323 g/mol. The number of alkyl halides is 2. The van der Waals surface area contributed by atoms with E-state index in [0.717, 1.165) is 30.6 Å². The van der Waals surface area contributed by atoms with Gasteiger partial charge in [0.1, 0.15) is 11.8 Å². The lowest BCUT2D eigenvalue weighted by atomic mass is 10.0. The first-order valence-electron chi connectivity index (χ1n) is 7.22. The third kappa shape index (κ3) is 6.28. The molecule has 1 aromatic heterocycles. The fraction of sp³-hybridized carbons (Fsp3) is 0.786. The van der Waals surface area contributed by atoms with E-state index in [-0.39, 0.29) is 6.04 Å². The molecule has 0 fully saturated rings. The second-order valence-corrected chi connectivity index (χ2v) is 5.45. The zero-order valence-corrected chi connectivity index (χ0v) is 13.6.